The van der Waals surface area contributed by atoms with Crippen LogP contribution in [-0.2, 0) is 17.8 Å². The molecule has 3 aromatic carbocycles. The summed E-state index contributed by atoms with van der Waals surface area (Å²) in [4.78, 5) is 32.3. The zero-order valence-corrected chi connectivity index (χ0v) is 19.4. The summed E-state index contributed by atoms with van der Waals surface area (Å²) >= 11 is 0. The number of nitrogens with one attached hydrogen (secondary N) is 1. The number of methoxy groups -OCH3 is 1. The molecule has 0 aliphatic heterocycles. The summed E-state index contributed by atoms with van der Waals surface area (Å²) in [6.07, 6.45) is 0.501. The number of hydrogen-bond acceptors (Lipinski definition) is 4. The zero-order chi connectivity index (χ0) is 23.9. The first-order valence-electron chi connectivity index (χ1n) is 11.3. The second kappa shape index (κ2) is 10.7. The van der Waals surface area contributed by atoms with Gasteiger partial charge in [-0.1, -0.05) is 30.3 Å². The van der Waals surface area contributed by atoms with Crippen LogP contribution in [0.25, 0.3) is 11.0 Å². The molecule has 2 amide bonds. The Morgan fingerprint density at radius 1 is 0.971 bits per heavy atom. The molecule has 1 N–H and O–H groups in total. The number of amides is 2. The summed E-state index contributed by atoms with van der Waals surface area (Å²) in [6, 6.07) is 24.4. The van der Waals surface area contributed by atoms with Crippen LogP contribution in [-0.4, -0.2) is 41.6 Å². The molecular weight excluding hydrogens is 428 g/mol. The SMILES string of the molecule is CCN(C(=O)Cn1c(CCNC(=O)c2ccc(OC)cc2)nc2ccccc21)c1ccccc1. The van der Waals surface area contributed by atoms with Gasteiger partial charge in [0.25, 0.3) is 5.91 Å². The van der Waals surface area contributed by atoms with E-state index in [1.807, 2.05) is 66.1 Å². The molecule has 0 aliphatic rings. The Balaban J connectivity index is 1.49. The number of likely N-dealkylation sites (N-methyl/N-ethyl adjacent to an activating group) is 1. The highest BCUT2D eigenvalue weighted by Crippen LogP contribution is 2.19. The summed E-state index contributed by atoms with van der Waals surface area (Å²) in [6.45, 7) is 3.11. The molecule has 0 bridgehead atoms. The summed E-state index contributed by atoms with van der Waals surface area (Å²) in [7, 11) is 1.59. The number of hydrogen-bond donors (Lipinski definition) is 1. The van der Waals surface area contributed by atoms with Crippen LogP contribution in [0.3, 0.4) is 0 Å². The minimum absolute atomic E-state index is 0.0135. The topological polar surface area (TPSA) is 76.5 Å². The molecule has 4 aromatic rings. The Bertz CT molecular complexity index is 1270. The van der Waals surface area contributed by atoms with E-state index in [1.165, 1.54) is 0 Å². The number of fused-ring (bicyclic) bond motifs is 1. The third-order valence-electron chi connectivity index (χ3n) is 5.70. The van der Waals surface area contributed by atoms with Crippen molar-refractivity contribution in [3.63, 3.8) is 0 Å². The summed E-state index contributed by atoms with van der Waals surface area (Å²) in [5, 5.41) is 2.94. The van der Waals surface area contributed by atoms with Gasteiger partial charge in [-0.2, -0.15) is 0 Å². The second-order valence-corrected chi connectivity index (χ2v) is 7.81. The Morgan fingerprint density at radius 2 is 1.68 bits per heavy atom. The van der Waals surface area contributed by atoms with Crippen LogP contribution in [0.5, 0.6) is 5.75 Å². The molecule has 0 atom stereocenters. The number of para-hydroxylation sites is 3. The first kappa shape index (κ1) is 23.0. The average Bonchev–Trinajstić information content (AvgIpc) is 3.22. The van der Waals surface area contributed by atoms with Gasteiger partial charge in [-0.05, 0) is 55.5 Å². The van der Waals surface area contributed by atoms with E-state index in [0.717, 1.165) is 22.5 Å². The molecular formula is C27H28N4O3. The number of ether oxygens (including phenoxy) is 1. The number of benzene rings is 3. The number of carbonyl (C=O) groups excluding carboxylic acids is 2. The van der Waals surface area contributed by atoms with Gasteiger partial charge in [-0.15, -0.1) is 0 Å². The van der Waals surface area contributed by atoms with E-state index < -0.39 is 0 Å². The predicted molar refractivity (Wildman–Crippen MR) is 133 cm³/mol. The lowest BCUT2D eigenvalue weighted by atomic mass is 10.2. The van der Waals surface area contributed by atoms with Gasteiger partial charge in [0.05, 0.1) is 18.1 Å². The molecule has 1 aromatic heterocycles. The Kier molecular flexibility index (Phi) is 7.22. The van der Waals surface area contributed by atoms with Crippen molar-refractivity contribution in [1.82, 2.24) is 14.9 Å². The Hall–Kier alpha value is -4.13. The van der Waals surface area contributed by atoms with Crippen molar-refractivity contribution in [1.29, 1.82) is 0 Å². The van der Waals surface area contributed by atoms with E-state index in [4.69, 9.17) is 9.72 Å². The molecule has 34 heavy (non-hydrogen) atoms. The van der Waals surface area contributed by atoms with Crippen molar-refractivity contribution in [3.8, 4) is 5.75 Å². The fourth-order valence-corrected chi connectivity index (χ4v) is 3.96. The van der Waals surface area contributed by atoms with Crippen molar-refractivity contribution in [3.05, 3.63) is 90.3 Å². The highest BCUT2D eigenvalue weighted by atomic mass is 16.5. The lowest BCUT2D eigenvalue weighted by Crippen LogP contribution is -2.34. The number of carbonyl (C=O) groups is 2. The number of rotatable bonds is 9. The first-order valence-corrected chi connectivity index (χ1v) is 11.3. The molecule has 0 unspecified atom stereocenters. The fraction of sp³-hybridized carbons (Fsp3) is 0.222. The van der Waals surface area contributed by atoms with Gasteiger partial charge in [0.15, 0.2) is 0 Å². The van der Waals surface area contributed by atoms with E-state index in [2.05, 4.69) is 5.32 Å². The quantitative estimate of drug-likeness (QED) is 0.412. The van der Waals surface area contributed by atoms with Gasteiger partial charge < -0.3 is 19.5 Å². The predicted octanol–water partition coefficient (Wildman–Crippen LogP) is 4.07. The maximum atomic E-state index is 13.3. The van der Waals surface area contributed by atoms with Crippen LogP contribution >= 0.6 is 0 Å². The standard InChI is InChI=1S/C27H28N4O3/c1-3-30(21-9-5-4-6-10-21)26(32)19-31-24-12-8-7-11-23(24)29-25(31)17-18-28-27(33)20-13-15-22(34-2)16-14-20/h4-16H,3,17-19H2,1-2H3,(H,28,33). The number of anilines is 1. The van der Waals surface area contributed by atoms with Crippen LogP contribution < -0.4 is 15.0 Å². The van der Waals surface area contributed by atoms with Crippen molar-refractivity contribution in [2.45, 2.75) is 19.9 Å². The van der Waals surface area contributed by atoms with E-state index in [9.17, 15) is 9.59 Å². The fourth-order valence-electron chi connectivity index (χ4n) is 3.96. The van der Waals surface area contributed by atoms with Gasteiger partial charge >= 0.3 is 0 Å². The van der Waals surface area contributed by atoms with Gasteiger partial charge in [0.1, 0.15) is 18.1 Å². The first-order chi connectivity index (χ1) is 16.6. The van der Waals surface area contributed by atoms with Crippen molar-refractivity contribution in [2.24, 2.45) is 0 Å². The number of aromatic nitrogens is 2. The molecule has 0 radical (unpaired) electrons. The molecule has 7 heteroatoms. The van der Waals surface area contributed by atoms with E-state index in [1.54, 1.807) is 36.3 Å². The molecule has 7 nitrogen and oxygen atoms in total. The smallest absolute Gasteiger partial charge is 0.251 e. The van der Waals surface area contributed by atoms with Crippen LogP contribution in [0, 0.1) is 0 Å². The second-order valence-electron chi connectivity index (χ2n) is 7.81. The van der Waals surface area contributed by atoms with Gasteiger partial charge in [0.2, 0.25) is 5.91 Å². The Morgan fingerprint density at radius 3 is 2.38 bits per heavy atom. The summed E-state index contributed by atoms with van der Waals surface area (Å²) in [5.74, 6) is 1.28. The molecule has 4 rings (SSSR count). The molecule has 174 valence electrons. The van der Waals surface area contributed by atoms with Crippen LogP contribution in [0.15, 0.2) is 78.9 Å². The summed E-state index contributed by atoms with van der Waals surface area (Å²) < 4.78 is 7.09. The van der Waals surface area contributed by atoms with Crippen molar-refractivity contribution < 1.29 is 14.3 Å². The minimum Gasteiger partial charge on any atom is -0.497 e. The third-order valence-corrected chi connectivity index (χ3v) is 5.70. The van der Waals surface area contributed by atoms with Crippen LogP contribution in [0.1, 0.15) is 23.1 Å². The lowest BCUT2D eigenvalue weighted by molar-refractivity contribution is -0.119. The molecule has 0 aliphatic carbocycles. The van der Waals surface area contributed by atoms with Gasteiger partial charge in [0, 0.05) is 30.8 Å². The largest absolute Gasteiger partial charge is 0.497 e. The van der Waals surface area contributed by atoms with E-state index >= 15 is 0 Å². The van der Waals surface area contributed by atoms with Gasteiger partial charge in [-0.25, -0.2) is 4.98 Å². The highest BCUT2D eigenvalue weighted by molar-refractivity contribution is 5.95. The third kappa shape index (κ3) is 5.09. The molecule has 0 saturated carbocycles. The molecule has 0 saturated heterocycles. The van der Waals surface area contributed by atoms with Crippen molar-refractivity contribution in [2.75, 3.05) is 25.1 Å². The molecule has 0 fully saturated rings. The lowest BCUT2D eigenvalue weighted by Gasteiger charge is -2.22. The van der Waals surface area contributed by atoms with Gasteiger partial charge in [-0.3, -0.25) is 9.59 Å². The number of imidazole rings is 1. The average molecular weight is 457 g/mol. The maximum absolute atomic E-state index is 13.3. The monoisotopic (exact) mass is 456 g/mol. The highest BCUT2D eigenvalue weighted by Gasteiger charge is 2.18. The minimum atomic E-state index is -0.164. The Labute approximate surface area is 199 Å². The maximum Gasteiger partial charge on any atom is 0.251 e. The summed E-state index contributed by atoms with van der Waals surface area (Å²) in [5.41, 5.74) is 3.16. The van der Waals surface area contributed by atoms with Crippen LogP contribution in [0.4, 0.5) is 5.69 Å². The van der Waals surface area contributed by atoms with Crippen LogP contribution in [0.2, 0.25) is 0 Å². The normalized spacial score (nSPS) is 10.8. The molecule has 1 heterocycles. The molecule has 0 spiro atoms. The van der Waals surface area contributed by atoms with Crippen molar-refractivity contribution >= 4 is 28.5 Å². The number of nitrogens with zero attached hydrogens (tertiary/aromatic N) is 3. The van der Waals surface area contributed by atoms with E-state index in [0.29, 0.717) is 30.8 Å². The van der Waals surface area contributed by atoms with E-state index in [-0.39, 0.29) is 18.4 Å². The zero-order valence-electron chi connectivity index (χ0n) is 19.4.